The summed E-state index contributed by atoms with van der Waals surface area (Å²) >= 11 is 6.20. The number of halogens is 1. The van der Waals surface area contributed by atoms with Crippen molar-refractivity contribution in [1.29, 1.82) is 0 Å². The van der Waals surface area contributed by atoms with Crippen molar-refractivity contribution >= 4 is 11.6 Å². The molecule has 2 aromatic rings. The molecule has 0 spiro atoms. The first kappa shape index (κ1) is 13.9. The molecule has 2 N–H and O–H groups in total. The third kappa shape index (κ3) is 3.72. The highest BCUT2D eigenvalue weighted by Crippen LogP contribution is 2.22. The molecule has 0 aliphatic carbocycles. The van der Waals surface area contributed by atoms with Gasteiger partial charge in [0.05, 0.1) is 0 Å². The monoisotopic (exact) mass is 275 g/mol. The van der Waals surface area contributed by atoms with Gasteiger partial charge in [0.15, 0.2) is 0 Å². The Balaban J connectivity index is 2.10. The molecule has 2 rings (SSSR count). The normalized spacial score (nSPS) is 10.5. The lowest BCUT2D eigenvalue weighted by atomic mass is 10.1. The summed E-state index contributed by atoms with van der Waals surface area (Å²) in [7, 11) is 0. The molecule has 19 heavy (non-hydrogen) atoms. The fraction of sp³-hybridized carbons (Fsp3) is 0.250. The van der Waals surface area contributed by atoms with Crippen LogP contribution in [-0.4, -0.2) is 0 Å². The Kier molecular flexibility index (Phi) is 4.46. The lowest BCUT2D eigenvalue weighted by Crippen LogP contribution is -2.00. The lowest BCUT2D eigenvalue weighted by molar-refractivity contribution is 0.306. The fourth-order valence-electron chi connectivity index (χ4n) is 2.01. The molecule has 0 heterocycles. The first-order chi connectivity index (χ1) is 9.08. The SMILES string of the molecule is Cc1cc(C)cc(OCc2ccc(CN)cc2Cl)c1. The number of aryl methyl sites for hydroxylation is 2. The van der Waals surface area contributed by atoms with Gasteiger partial charge in [-0.2, -0.15) is 0 Å². The van der Waals surface area contributed by atoms with Gasteiger partial charge in [-0.25, -0.2) is 0 Å². The van der Waals surface area contributed by atoms with E-state index in [9.17, 15) is 0 Å². The maximum Gasteiger partial charge on any atom is 0.120 e. The molecule has 3 heteroatoms. The Hall–Kier alpha value is -1.51. The molecule has 0 saturated heterocycles. The van der Waals surface area contributed by atoms with E-state index in [1.54, 1.807) is 0 Å². The minimum absolute atomic E-state index is 0.465. The van der Waals surface area contributed by atoms with Crippen LogP contribution in [0, 0.1) is 13.8 Å². The zero-order valence-electron chi connectivity index (χ0n) is 11.2. The van der Waals surface area contributed by atoms with Crippen LogP contribution in [0.3, 0.4) is 0 Å². The highest BCUT2D eigenvalue weighted by Gasteiger charge is 2.03. The maximum atomic E-state index is 6.20. The van der Waals surface area contributed by atoms with Gasteiger partial charge in [-0.1, -0.05) is 29.8 Å². The van der Waals surface area contributed by atoms with E-state index in [1.807, 2.05) is 30.3 Å². The van der Waals surface area contributed by atoms with Crippen molar-refractivity contribution in [2.75, 3.05) is 0 Å². The predicted molar refractivity (Wildman–Crippen MR) is 79.6 cm³/mol. The van der Waals surface area contributed by atoms with E-state index in [0.29, 0.717) is 18.2 Å². The highest BCUT2D eigenvalue weighted by molar-refractivity contribution is 6.31. The van der Waals surface area contributed by atoms with Gasteiger partial charge in [0.1, 0.15) is 12.4 Å². The summed E-state index contributed by atoms with van der Waals surface area (Å²) in [5, 5.41) is 0.701. The number of nitrogens with two attached hydrogens (primary N) is 1. The average molecular weight is 276 g/mol. The van der Waals surface area contributed by atoms with Crippen LogP contribution in [0.25, 0.3) is 0 Å². The third-order valence-electron chi connectivity index (χ3n) is 2.94. The van der Waals surface area contributed by atoms with Crippen molar-refractivity contribution in [3.63, 3.8) is 0 Å². The first-order valence-corrected chi connectivity index (χ1v) is 6.65. The molecule has 0 fully saturated rings. The Morgan fingerprint density at radius 2 is 1.74 bits per heavy atom. The number of hydrogen-bond donors (Lipinski definition) is 1. The number of rotatable bonds is 4. The van der Waals surface area contributed by atoms with Crippen molar-refractivity contribution in [2.24, 2.45) is 5.73 Å². The Morgan fingerprint density at radius 1 is 1.05 bits per heavy atom. The second kappa shape index (κ2) is 6.09. The average Bonchev–Trinajstić information content (AvgIpc) is 2.36. The zero-order chi connectivity index (χ0) is 13.8. The van der Waals surface area contributed by atoms with Crippen LogP contribution in [0.5, 0.6) is 5.75 Å². The molecule has 0 aliphatic heterocycles. The second-order valence-electron chi connectivity index (χ2n) is 4.74. The second-order valence-corrected chi connectivity index (χ2v) is 5.15. The van der Waals surface area contributed by atoms with Crippen LogP contribution < -0.4 is 10.5 Å². The van der Waals surface area contributed by atoms with Crippen molar-refractivity contribution in [2.45, 2.75) is 27.0 Å². The minimum atomic E-state index is 0.465. The van der Waals surface area contributed by atoms with Crippen LogP contribution in [0.4, 0.5) is 0 Å². The van der Waals surface area contributed by atoms with Crippen molar-refractivity contribution < 1.29 is 4.74 Å². The van der Waals surface area contributed by atoms with E-state index in [-0.39, 0.29) is 0 Å². The standard InChI is InChI=1S/C16H18ClNO/c1-11-5-12(2)7-15(6-11)19-10-14-4-3-13(9-18)8-16(14)17/h3-8H,9-10,18H2,1-2H3. The quantitative estimate of drug-likeness (QED) is 0.915. The van der Waals surface area contributed by atoms with Gasteiger partial charge in [-0.15, -0.1) is 0 Å². The van der Waals surface area contributed by atoms with Gasteiger partial charge in [0, 0.05) is 17.1 Å². The zero-order valence-corrected chi connectivity index (χ0v) is 12.0. The molecule has 0 atom stereocenters. The van der Waals surface area contributed by atoms with Crippen LogP contribution in [-0.2, 0) is 13.2 Å². The summed E-state index contributed by atoms with van der Waals surface area (Å²) in [5.74, 6) is 0.872. The molecule has 0 amide bonds. The molecule has 0 aliphatic rings. The van der Waals surface area contributed by atoms with E-state index in [1.165, 1.54) is 11.1 Å². The molecular formula is C16H18ClNO. The fourth-order valence-corrected chi connectivity index (χ4v) is 2.27. The van der Waals surface area contributed by atoms with Crippen molar-refractivity contribution in [3.8, 4) is 5.75 Å². The van der Waals surface area contributed by atoms with E-state index < -0.39 is 0 Å². The molecule has 0 aromatic heterocycles. The third-order valence-corrected chi connectivity index (χ3v) is 3.29. The maximum absolute atomic E-state index is 6.20. The molecule has 0 radical (unpaired) electrons. The van der Waals surface area contributed by atoms with Crippen LogP contribution in [0.2, 0.25) is 5.02 Å². The molecular weight excluding hydrogens is 258 g/mol. The van der Waals surface area contributed by atoms with Crippen LogP contribution in [0.1, 0.15) is 22.3 Å². The van der Waals surface area contributed by atoms with E-state index >= 15 is 0 Å². The molecule has 0 unspecified atom stereocenters. The molecule has 2 aromatic carbocycles. The molecule has 0 saturated carbocycles. The largest absolute Gasteiger partial charge is 0.489 e. The van der Waals surface area contributed by atoms with Gasteiger partial charge in [0.25, 0.3) is 0 Å². The summed E-state index contributed by atoms with van der Waals surface area (Å²) in [4.78, 5) is 0. The van der Waals surface area contributed by atoms with Gasteiger partial charge in [-0.3, -0.25) is 0 Å². The topological polar surface area (TPSA) is 35.2 Å². The van der Waals surface area contributed by atoms with Crippen molar-refractivity contribution in [3.05, 3.63) is 63.7 Å². The Labute approximate surface area is 119 Å². The van der Waals surface area contributed by atoms with E-state index in [2.05, 4.69) is 19.9 Å². The smallest absolute Gasteiger partial charge is 0.120 e. The number of benzene rings is 2. The van der Waals surface area contributed by atoms with E-state index in [4.69, 9.17) is 22.1 Å². The van der Waals surface area contributed by atoms with Gasteiger partial charge >= 0.3 is 0 Å². The number of hydrogen-bond acceptors (Lipinski definition) is 2. The highest BCUT2D eigenvalue weighted by atomic mass is 35.5. The van der Waals surface area contributed by atoms with Crippen LogP contribution in [0.15, 0.2) is 36.4 Å². The lowest BCUT2D eigenvalue weighted by Gasteiger charge is -2.10. The minimum Gasteiger partial charge on any atom is -0.489 e. The van der Waals surface area contributed by atoms with Crippen LogP contribution >= 0.6 is 11.6 Å². The molecule has 2 nitrogen and oxygen atoms in total. The van der Waals surface area contributed by atoms with Gasteiger partial charge in [0.2, 0.25) is 0 Å². The molecule has 100 valence electrons. The Bertz CT molecular complexity index is 561. The predicted octanol–water partition coefficient (Wildman–Crippen LogP) is 3.99. The summed E-state index contributed by atoms with van der Waals surface area (Å²) in [5.41, 5.74) is 9.96. The Morgan fingerprint density at radius 3 is 2.32 bits per heavy atom. The van der Waals surface area contributed by atoms with Crippen molar-refractivity contribution in [1.82, 2.24) is 0 Å². The summed E-state index contributed by atoms with van der Waals surface area (Å²) in [6.07, 6.45) is 0. The number of ether oxygens (including phenoxy) is 1. The van der Waals surface area contributed by atoms with Gasteiger partial charge < -0.3 is 10.5 Å². The molecule has 0 bridgehead atoms. The summed E-state index contributed by atoms with van der Waals surface area (Å²) < 4.78 is 5.79. The van der Waals surface area contributed by atoms with E-state index in [0.717, 1.165) is 16.9 Å². The van der Waals surface area contributed by atoms with Gasteiger partial charge in [-0.05, 0) is 48.7 Å². The summed E-state index contributed by atoms with van der Waals surface area (Å²) in [6.45, 7) is 5.08. The summed E-state index contributed by atoms with van der Waals surface area (Å²) in [6, 6.07) is 12.0. The first-order valence-electron chi connectivity index (χ1n) is 6.27.